The van der Waals surface area contributed by atoms with Gasteiger partial charge in [-0.15, -0.1) is 0 Å². The van der Waals surface area contributed by atoms with Gasteiger partial charge in [-0.3, -0.25) is 14.4 Å². The minimum absolute atomic E-state index is 0.124. The number of unbranched alkanes of at least 4 members (excludes halogenated alkanes) is 3. The number of rotatable bonds is 10. The molecule has 1 N–H and O–H groups in total. The van der Waals surface area contributed by atoms with E-state index in [-0.39, 0.29) is 24.3 Å². The Morgan fingerprint density at radius 2 is 1.52 bits per heavy atom. The van der Waals surface area contributed by atoms with Crippen LogP contribution in [0.25, 0.3) is 0 Å². The molecule has 3 amide bonds. The maximum atomic E-state index is 14.8. The standard InChI is InChI=1S/C37H45N3O6/c1-5-45-28-17-15-27(16-18-28)38-22-11-19-36(4)29(33(38)42)30-34(43)40(21-8-6-7-9-24-41)32-35(44)39(23-12-20-37(30,32)46-36)31-25(2)13-10-14-26(31)3/h10-20,29-30,32,41H,5-9,21-24H2,1-4H3/t29-,30+,32?,36+,37+/m1/s1. The average molecular weight is 628 g/mol. The first-order valence-corrected chi connectivity index (χ1v) is 16.6. The van der Waals surface area contributed by atoms with Gasteiger partial charge in [-0.05, 0) is 75.9 Å². The number of aliphatic hydroxyl groups is 1. The fourth-order valence-corrected chi connectivity index (χ4v) is 8.06. The number of benzene rings is 2. The van der Waals surface area contributed by atoms with Gasteiger partial charge in [0.15, 0.2) is 0 Å². The number of aryl methyl sites for hydroxylation is 2. The molecular formula is C37H45N3O6. The van der Waals surface area contributed by atoms with Crippen molar-refractivity contribution in [1.82, 2.24) is 4.90 Å². The van der Waals surface area contributed by atoms with E-state index in [2.05, 4.69) is 0 Å². The Morgan fingerprint density at radius 3 is 2.22 bits per heavy atom. The van der Waals surface area contributed by atoms with Crippen LogP contribution < -0.4 is 14.5 Å². The van der Waals surface area contributed by atoms with Gasteiger partial charge in [-0.1, -0.05) is 55.3 Å². The van der Waals surface area contributed by atoms with Gasteiger partial charge in [0.1, 0.15) is 17.4 Å². The van der Waals surface area contributed by atoms with Crippen LogP contribution in [0.1, 0.15) is 50.7 Å². The van der Waals surface area contributed by atoms with Crippen LogP contribution in [0.15, 0.2) is 66.8 Å². The van der Waals surface area contributed by atoms with E-state index < -0.39 is 29.1 Å². The highest BCUT2D eigenvalue weighted by atomic mass is 16.5. The molecule has 2 aromatic rings. The van der Waals surface area contributed by atoms with Crippen LogP contribution in [0.2, 0.25) is 0 Å². The number of hydrogen-bond donors (Lipinski definition) is 1. The molecule has 4 aliphatic heterocycles. The van der Waals surface area contributed by atoms with Crippen LogP contribution in [0.5, 0.6) is 5.75 Å². The third-order valence-corrected chi connectivity index (χ3v) is 10.0. The zero-order valence-electron chi connectivity index (χ0n) is 27.3. The number of carbonyl (C=O) groups excluding carboxylic acids is 3. The van der Waals surface area contributed by atoms with Crippen molar-refractivity contribution in [1.29, 1.82) is 0 Å². The molecule has 0 aliphatic carbocycles. The summed E-state index contributed by atoms with van der Waals surface area (Å²) in [5, 5.41) is 9.27. The van der Waals surface area contributed by atoms with Gasteiger partial charge in [0.25, 0.3) is 5.91 Å². The van der Waals surface area contributed by atoms with E-state index in [4.69, 9.17) is 9.47 Å². The van der Waals surface area contributed by atoms with E-state index in [0.717, 1.165) is 35.4 Å². The third kappa shape index (κ3) is 5.23. The number of ether oxygens (including phenoxy) is 2. The van der Waals surface area contributed by atoms with Crippen molar-refractivity contribution < 1.29 is 29.0 Å². The van der Waals surface area contributed by atoms with Gasteiger partial charge in [-0.25, -0.2) is 0 Å². The summed E-state index contributed by atoms with van der Waals surface area (Å²) in [5.41, 5.74) is 1.09. The van der Waals surface area contributed by atoms with E-state index in [1.54, 1.807) is 14.7 Å². The van der Waals surface area contributed by atoms with Gasteiger partial charge >= 0.3 is 0 Å². The first-order chi connectivity index (χ1) is 22.2. The Labute approximate surface area is 271 Å². The number of carbonyl (C=O) groups is 3. The highest BCUT2D eigenvalue weighted by Gasteiger charge is 2.74. The Balaban J connectivity index is 1.41. The fraction of sp³-hybridized carbons (Fsp3) is 0.486. The topological polar surface area (TPSA) is 99.6 Å². The molecule has 5 atom stereocenters. The second-order valence-corrected chi connectivity index (χ2v) is 13.0. The molecule has 0 saturated carbocycles. The van der Waals surface area contributed by atoms with Crippen molar-refractivity contribution >= 4 is 29.1 Å². The van der Waals surface area contributed by atoms with Crippen LogP contribution in [0.3, 0.4) is 0 Å². The summed E-state index contributed by atoms with van der Waals surface area (Å²) < 4.78 is 12.6. The van der Waals surface area contributed by atoms with E-state index >= 15 is 0 Å². The molecular weight excluding hydrogens is 582 g/mol. The molecule has 1 spiro atoms. The van der Waals surface area contributed by atoms with Gasteiger partial charge < -0.3 is 29.3 Å². The average Bonchev–Trinajstić information content (AvgIpc) is 3.29. The van der Waals surface area contributed by atoms with E-state index in [9.17, 15) is 19.5 Å². The Morgan fingerprint density at radius 1 is 0.848 bits per heavy atom. The number of amides is 3. The molecule has 0 aromatic heterocycles. The van der Waals surface area contributed by atoms with E-state index in [1.807, 2.05) is 94.5 Å². The van der Waals surface area contributed by atoms with Crippen molar-refractivity contribution in [2.45, 2.75) is 70.6 Å². The summed E-state index contributed by atoms with van der Waals surface area (Å²) in [6.45, 7) is 9.48. The van der Waals surface area contributed by atoms with Crippen LogP contribution in [0, 0.1) is 25.7 Å². The third-order valence-electron chi connectivity index (χ3n) is 10.0. The van der Waals surface area contributed by atoms with Gasteiger partial charge in [0.2, 0.25) is 11.8 Å². The summed E-state index contributed by atoms with van der Waals surface area (Å²) in [6.07, 6.45) is 10.7. The number of aliphatic hydroxyl groups excluding tert-OH is 1. The molecule has 4 heterocycles. The Kier molecular flexibility index (Phi) is 8.83. The maximum absolute atomic E-state index is 14.8. The molecule has 9 nitrogen and oxygen atoms in total. The predicted octanol–water partition coefficient (Wildman–Crippen LogP) is 4.73. The SMILES string of the molecule is CCOc1ccc(N2CC=C[C@]3(C)O[C@]45C=CCN(c6c(C)cccc6C)C(=O)C4N(CCCCCCO)C(=O)[C@@H]5[C@@H]3C2=O)cc1. The number of anilines is 2. The molecule has 6 rings (SSSR count). The lowest BCUT2D eigenvalue weighted by molar-refractivity contribution is -0.144. The van der Waals surface area contributed by atoms with Gasteiger partial charge in [-0.2, -0.15) is 0 Å². The lowest BCUT2D eigenvalue weighted by Gasteiger charge is -2.38. The van der Waals surface area contributed by atoms with Crippen LogP contribution in [-0.2, 0) is 19.1 Å². The lowest BCUT2D eigenvalue weighted by Crippen LogP contribution is -2.56. The summed E-state index contributed by atoms with van der Waals surface area (Å²) in [4.78, 5) is 49.4. The molecule has 9 heteroatoms. The molecule has 4 aliphatic rings. The molecule has 46 heavy (non-hydrogen) atoms. The first-order valence-electron chi connectivity index (χ1n) is 16.6. The second kappa shape index (κ2) is 12.7. The molecule has 2 fully saturated rings. The maximum Gasteiger partial charge on any atom is 0.253 e. The van der Waals surface area contributed by atoms with Crippen molar-refractivity contribution in [2.24, 2.45) is 11.8 Å². The zero-order chi connectivity index (χ0) is 32.6. The number of hydrogen-bond acceptors (Lipinski definition) is 6. The summed E-state index contributed by atoms with van der Waals surface area (Å²) in [7, 11) is 0. The quantitative estimate of drug-likeness (QED) is 0.302. The number of para-hydroxylation sites is 1. The Hall–Kier alpha value is -3.95. The minimum Gasteiger partial charge on any atom is -0.494 e. The number of likely N-dealkylation sites (tertiary alicyclic amines) is 1. The zero-order valence-corrected chi connectivity index (χ0v) is 27.3. The highest BCUT2D eigenvalue weighted by molar-refractivity contribution is 6.08. The van der Waals surface area contributed by atoms with Crippen LogP contribution in [-0.4, -0.2) is 77.8 Å². The molecule has 0 bridgehead atoms. The normalized spacial score (nSPS) is 28.7. The Bertz CT molecular complexity index is 1530. The number of fused-ring (bicyclic) bond motifs is 2. The molecule has 0 radical (unpaired) electrons. The molecule has 1 unspecified atom stereocenters. The smallest absolute Gasteiger partial charge is 0.253 e. The van der Waals surface area contributed by atoms with Crippen molar-refractivity contribution in [3.8, 4) is 5.75 Å². The minimum atomic E-state index is -1.31. The fourth-order valence-electron chi connectivity index (χ4n) is 8.06. The summed E-state index contributed by atoms with van der Waals surface area (Å²) in [5.74, 6) is -1.62. The van der Waals surface area contributed by atoms with Crippen molar-refractivity contribution in [2.75, 3.05) is 42.6 Å². The summed E-state index contributed by atoms with van der Waals surface area (Å²) in [6, 6.07) is 12.4. The summed E-state index contributed by atoms with van der Waals surface area (Å²) >= 11 is 0. The lowest BCUT2D eigenvalue weighted by atomic mass is 9.74. The highest BCUT2D eigenvalue weighted by Crippen LogP contribution is 2.58. The van der Waals surface area contributed by atoms with Gasteiger partial charge in [0, 0.05) is 37.6 Å². The van der Waals surface area contributed by atoms with Crippen molar-refractivity contribution in [3.05, 3.63) is 77.9 Å². The predicted molar refractivity (Wildman–Crippen MR) is 177 cm³/mol. The van der Waals surface area contributed by atoms with Gasteiger partial charge in [0.05, 0.1) is 24.0 Å². The largest absolute Gasteiger partial charge is 0.494 e. The molecule has 244 valence electrons. The van der Waals surface area contributed by atoms with Crippen molar-refractivity contribution in [3.63, 3.8) is 0 Å². The first kappa shape index (κ1) is 32.0. The molecule has 2 aromatic carbocycles. The van der Waals surface area contributed by atoms with E-state index in [1.165, 1.54) is 0 Å². The monoisotopic (exact) mass is 627 g/mol. The second-order valence-electron chi connectivity index (χ2n) is 13.0. The van der Waals surface area contributed by atoms with Crippen LogP contribution >= 0.6 is 0 Å². The van der Waals surface area contributed by atoms with E-state index in [0.29, 0.717) is 44.8 Å². The number of nitrogens with zero attached hydrogens (tertiary/aromatic N) is 3. The van der Waals surface area contributed by atoms with Crippen LogP contribution in [0.4, 0.5) is 11.4 Å². The molecule has 2 saturated heterocycles.